The summed E-state index contributed by atoms with van der Waals surface area (Å²) in [6.45, 7) is 2.34. The average molecular weight is 343 g/mol. The van der Waals surface area contributed by atoms with Crippen LogP contribution in [0.5, 0.6) is 5.75 Å². The Morgan fingerprint density at radius 1 is 1.29 bits per heavy atom. The number of carbonyl (C=O) groups is 1. The fourth-order valence-electron chi connectivity index (χ4n) is 2.51. The molecule has 2 aromatic rings. The molecule has 126 valence electrons. The molecule has 1 amide bonds. The van der Waals surface area contributed by atoms with E-state index in [-0.39, 0.29) is 5.91 Å². The van der Waals surface area contributed by atoms with Gasteiger partial charge < -0.3 is 10.1 Å². The summed E-state index contributed by atoms with van der Waals surface area (Å²) in [6, 6.07) is 7.64. The van der Waals surface area contributed by atoms with Crippen LogP contribution in [0.1, 0.15) is 46.2 Å². The predicted molar refractivity (Wildman–Crippen MR) is 94.7 cm³/mol. The van der Waals surface area contributed by atoms with Crippen molar-refractivity contribution in [3.8, 4) is 5.75 Å². The van der Waals surface area contributed by atoms with Gasteiger partial charge in [0.25, 0.3) is 5.91 Å². The van der Waals surface area contributed by atoms with Gasteiger partial charge in [0.2, 0.25) is 0 Å². The minimum atomic E-state index is -0.130. The van der Waals surface area contributed by atoms with E-state index >= 15 is 0 Å². The van der Waals surface area contributed by atoms with E-state index in [1.165, 1.54) is 11.8 Å². The van der Waals surface area contributed by atoms with Gasteiger partial charge in [0, 0.05) is 12.5 Å². The summed E-state index contributed by atoms with van der Waals surface area (Å²) in [6.07, 6.45) is 4.24. The van der Waals surface area contributed by atoms with Gasteiger partial charge in [-0.2, -0.15) is 0 Å². The van der Waals surface area contributed by atoms with Crippen LogP contribution < -0.4 is 10.1 Å². The van der Waals surface area contributed by atoms with Crippen LogP contribution in [0.2, 0.25) is 0 Å². The molecule has 6 heteroatoms. The Bertz CT molecular complexity index is 743. The topological polar surface area (TPSA) is 64.1 Å². The third kappa shape index (κ3) is 3.70. The van der Waals surface area contributed by atoms with Gasteiger partial charge in [-0.25, -0.2) is 9.97 Å². The molecule has 1 aliphatic rings. The lowest BCUT2D eigenvalue weighted by Gasteiger charge is -2.12. The Kier molecular flexibility index (Phi) is 5.04. The van der Waals surface area contributed by atoms with Crippen LogP contribution in [-0.4, -0.2) is 29.2 Å². The summed E-state index contributed by atoms with van der Waals surface area (Å²) in [5.74, 6) is 2.03. The molecule has 0 atom stereocenters. The summed E-state index contributed by atoms with van der Waals surface area (Å²) in [4.78, 5) is 21.7. The number of aromatic nitrogens is 2. The Morgan fingerprint density at radius 3 is 2.58 bits per heavy atom. The van der Waals surface area contributed by atoms with Crippen molar-refractivity contribution in [2.75, 3.05) is 13.4 Å². The van der Waals surface area contributed by atoms with Crippen LogP contribution in [0.25, 0.3) is 0 Å². The lowest BCUT2D eigenvalue weighted by Crippen LogP contribution is -2.25. The third-order valence-electron chi connectivity index (χ3n) is 4.05. The van der Waals surface area contributed by atoms with Gasteiger partial charge in [-0.1, -0.05) is 12.1 Å². The predicted octanol–water partition coefficient (Wildman–Crippen LogP) is 3.32. The van der Waals surface area contributed by atoms with Crippen molar-refractivity contribution in [3.05, 3.63) is 46.9 Å². The monoisotopic (exact) mass is 343 g/mol. The van der Waals surface area contributed by atoms with E-state index in [2.05, 4.69) is 15.3 Å². The molecule has 0 aliphatic heterocycles. The first-order valence-electron chi connectivity index (χ1n) is 7.96. The maximum absolute atomic E-state index is 12.6. The molecule has 0 bridgehead atoms. The third-order valence-corrected chi connectivity index (χ3v) is 4.73. The number of benzene rings is 1. The van der Waals surface area contributed by atoms with E-state index in [9.17, 15) is 4.79 Å². The van der Waals surface area contributed by atoms with Crippen molar-refractivity contribution >= 4 is 17.7 Å². The van der Waals surface area contributed by atoms with Gasteiger partial charge in [-0.3, -0.25) is 4.79 Å². The van der Waals surface area contributed by atoms with Gasteiger partial charge in [0.15, 0.2) is 0 Å². The van der Waals surface area contributed by atoms with E-state index in [0.717, 1.165) is 40.7 Å². The van der Waals surface area contributed by atoms with Crippen molar-refractivity contribution in [2.45, 2.75) is 37.3 Å². The van der Waals surface area contributed by atoms with Gasteiger partial charge in [-0.15, -0.1) is 11.8 Å². The Hall–Kier alpha value is -2.08. The maximum atomic E-state index is 12.6. The highest BCUT2D eigenvalue weighted by atomic mass is 32.2. The summed E-state index contributed by atoms with van der Waals surface area (Å²) < 4.78 is 5.14. The van der Waals surface area contributed by atoms with Gasteiger partial charge in [-0.05, 0) is 43.7 Å². The van der Waals surface area contributed by atoms with Gasteiger partial charge >= 0.3 is 0 Å². The number of methoxy groups -OCH3 is 1. The Labute approximate surface area is 146 Å². The normalized spacial score (nSPS) is 13.6. The van der Waals surface area contributed by atoms with Crippen molar-refractivity contribution in [1.82, 2.24) is 15.3 Å². The van der Waals surface area contributed by atoms with E-state index in [0.29, 0.717) is 18.0 Å². The second kappa shape index (κ2) is 7.21. The van der Waals surface area contributed by atoms with Crippen molar-refractivity contribution < 1.29 is 9.53 Å². The molecule has 24 heavy (non-hydrogen) atoms. The van der Waals surface area contributed by atoms with Crippen LogP contribution in [0.15, 0.2) is 29.3 Å². The Balaban J connectivity index is 1.73. The Morgan fingerprint density at radius 2 is 2.00 bits per heavy atom. The quantitative estimate of drug-likeness (QED) is 0.644. The highest BCUT2D eigenvalue weighted by Gasteiger charge is 2.29. The van der Waals surface area contributed by atoms with Gasteiger partial charge in [0.1, 0.15) is 16.6 Å². The van der Waals surface area contributed by atoms with Crippen LogP contribution in [0.3, 0.4) is 0 Å². The molecule has 0 spiro atoms. The number of ether oxygens (including phenoxy) is 1. The summed E-state index contributed by atoms with van der Waals surface area (Å²) in [5.41, 5.74) is 2.35. The minimum absolute atomic E-state index is 0.130. The SMILES string of the molecule is COc1ccc(CNC(=O)c2c(C)nc(C3CC3)nc2SC)cc1. The van der Waals surface area contributed by atoms with E-state index < -0.39 is 0 Å². The minimum Gasteiger partial charge on any atom is -0.497 e. The van der Waals surface area contributed by atoms with Crippen LogP contribution >= 0.6 is 11.8 Å². The van der Waals surface area contributed by atoms with Crippen molar-refractivity contribution in [1.29, 1.82) is 0 Å². The standard InChI is InChI=1S/C18H21N3O2S/c1-11-15(18(24-3)21-16(20-11)13-6-7-13)17(22)19-10-12-4-8-14(23-2)9-5-12/h4-5,8-9,13H,6-7,10H2,1-3H3,(H,19,22). The average Bonchev–Trinajstić information content (AvgIpc) is 3.44. The molecule has 3 rings (SSSR count). The summed E-state index contributed by atoms with van der Waals surface area (Å²) in [5, 5.41) is 3.72. The number of hydrogen-bond acceptors (Lipinski definition) is 5. The summed E-state index contributed by atoms with van der Waals surface area (Å²) >= 11 is 1.50. The number of hydrogen-bond donors (Lipinski definition) is 1. The number of rotatable bonds is 6. The molecular formula is C18H21N3O2S. The largest absolute Gasteiger partial charge is 0.497 e. The zero-order valence-electron chi connectivity index (χ0n) is 14.1. The number of thioether (sulfide) groups is 1. The summed E-state index contributed by atoms with van der Waals surface area (Å²) in [7, 11) is 1.63. The van der Waals surface area contributed by atoms with E-state index in [1.54, 1.807) is 7.11 Å². The smallest absolute Gasteiger partial charge is 0.256 e. The van der Waals surface area contributed by atoms with Crippen molar-refractivity contribution in [3.63, 3.8) is 0 Å². The van der Waals surface area contributed by atoms with Crippen molar-refractivity contribution in [2.24, 2.45) is 0 Å². The second-order valence-electron chi connectivity index (χ2n) is 5.86. The zero-order chi connectivity index (χ0) is 17.1. The molecule has 0 unspecified atom stereocenters. The molecule has 1 heterocycles. The lowest BCUT2D eigenvalue weighted by molar-refractivity contribution is 0.0946. The molecule has 1 fully saturated rings. The molecule has 0 saturated heterocycles. The molecule has 1 aromatic heterocycles. The number of carbonyl (C=O) groups excluding carboxylic acids is 1. The maximum Gasteiger partial charge on any atom is 0.256 e. The second-order valence-corrected chi connectivity index (χ2v) is 6.65. The molecule has 1 aliphatic carbocycles. The van der Waals surface area contributed by atoms with Crippen LogP contribution in [-0.2, 0) is 6.54 Å². The molecule has 1 saturated carbocycles. The molecular weight excluding hydrogens is 322 g/mol. The van der Waals surface area contributed by atoms with E-state index in [1.807, 2.05) is 37.4 Å². The van der Waals surface area contributed by atoms with E-state index in [4.69, 9.17) is 4.74 Å². The number of nitrogens with zero attached hydrogens (tertiary/aromatic N) is 2. The zero-order valence-corrected chi connectivity index (χ0v) is 14.9. The van der Waals surface area contributed by atoms with Crippen LogP contribution in [0, 0.1) is 6.92 Å². The van der Waals surface area contributed by atoms with Crippen LogP contribution in [0.4, 0.5) is 0 Å². The molecule has 1 aromatic carbocycles. The first-order chi connectivity index (χ1) is 11.6. The highest BCUT2D eigenvalue weighted by Crippen LogP contribution is 2.39. The number of amides is 1. The first-order valence-corrected chi connectivity index (χ1v) is 9.18. The fourth-order valence-corrected chi connectivity index (χ4v) is 3.14. The number of nitrogens with one attached hydrogen (secondary N) is 1. The van der Waals surface area contributed by atoms with Gasteiger partial charge in [0.05, 0.1) is 18.4 Å². The number of aryl methyl sites for hydroxylation is 1. The fraction of sp³-hybridized carbons (Fsp3) is 0.389. The molecule has 5 nitrogen and oxygen atoms in total. The lowest BCUT2D eigenvalue weighted by atomic mass is 10.2. The molecule has 1 N–H and O–H groups in total. The first kappa shape index (κ1) is 16.8. The highest BCUT2D eigenvalue weighted by molar-refractivity contribution is 7.98. The molecule has 0 radical (unpaired) electrons.